The van der Waals surface area contributed by atoms with Crippen molar-refractivity contribution in [1.82, 2.24) is 4.90 Å². The number of aryl methyl sites for hydroxylation is 1. The molecule has 2 atom stereocenters. The van der Waals surface area contributed by atoms with Crippen molar-refractivity contribution in [3.63, 3.8) is 0 Å². The van der Waals surface area contributed by atoms with Crippen LogP contribution in [0.25, 0.3) is 0 Å². The van der Waals surface area contributed by atoms with Crippen molar-refractivity contribution in [1.29, 1.82) is 0 Å². The van der Waals surface area contributed by atoms with Gasteiger partial charge < -0.3 is 10.6 Å². The van der Waals surface area contributed by atoms with Crippen LogP contribution in [0.4, 0.5) is 5.69 Å². The van der Waals surface area contributed by atoms with E-state index in [9.17, 15) is 4.79 Å². The van der Waals surface area contributed by atoms with Gasteiger partial charge in [-0.2, -0.15) is 0 Å². The van der Waals surface area contributed by atoms with Gasteiger partial charge in [0.05, 0.1) is 6.04 Å². The van der Waals surface area contributed by atoms with Gasteiger partial charge in [0.1, 0.15) is 0 Å². The quantitative estimate of drug-likeness (QED) is 0.894. The lowest BCUT2D eigenvalue weighted by Gasteiger charge is -2.43. The molecule has 1 aliphatic heterocycles. The van der Waals surface area contributed by atoms with E-state index in [1.165, 1.54) is 5.56 Å². The minimum Gasteiger partial charge on any atom is -0.330 e. The molecule has 104 valence electrons. The van der Waals surface area contributed by atoms with Gasteiger partial charge >= 0.3 is 0 Å². The summed E-state index contributed by atoms with van der Waals surface area (Å²) in [6.45, 7) is 5.47. The van der Waals surface area contributed by atoms with Gasteiger partial charge in [-0.05, 0) is 46.0 Å². The maximum atomic E-state index is 12.6. The van der Waals surface area contributed by atoms with Crippen LogP contribution in [0.3, 0.4) is 0 Å². The normalized spacial score (nSPS) is 24.8. The summed E-state index contributed by atoms with van der Waals surface area (Å²) in [6.07, 6.45) is 0.710. The zero-order valence-electron chi connectivity index (χ0n) is 12.0. The number of likely N-dealkylation sites (N-methyl/N-ethyl adjacent to an activating group) is 1. The number of rotatable bonds is 3. The molecule has 1 saturated heterocycles. The SMILES string of the molecule is Cc1ccc(N2CC(C)N(C)C(CCN)C2=O)cc1. The number of amides is 1. The van der Waals surface area contributed by atoms with Crippen molar-refractivity contribution >= 4 is 11.6 Å². The van der Waals surface area contributed by atoms with E-state index in [-0.39, 0.29) is 11.9 Å². The van der Waals surface area contributed by atoms with Gasteiger partial charge in [-0.1, -0.05) is 17.7 Å². The Morgan fingerprint density at radius 3 is 2.53 bits per heavy atom. The molecule has 1 aromatic rings. The van der Waals surface area contributed by atoms with E-state index in [0.717, 1.165) is 12.2 Å². The molecule has 1 amide bonds. The number of hydrogen-bond acceptors (Lipinski definition) is 3. The van der Waals surface area contributed by atoms with E-state index in [0.29, 0.717) is 19.0 Å². The summed E-state index contributed by atoms with van der Waals surface area (Å²) in [5.74, 6) is 0.162. The van der Waals surface area contributed by atoms with E-state index in [2.05, 4.69) is 18.7 Å². The molecule has 0 spiro atoms. The number of anilines is 1. The number of carbonyl (C=O) groups excluding carboxylic acids is 1. The van der Waals surface area contributed by atoms with E-state index in [4.69, 9.17) is 5.73 Å². The highest BCUT2D eigenvalue weighted by molar-refractivity contribution is 5.98. The van der Waals surface area contributed by atoms with Crippen LogP contribution in [0.1, 0.15) is 18.9 Å². The molecule has 0 saturated carbocycles. The molecule has 1 aliphatic rings. The molecule has 2 unspecified atom stereocenters. The second-order valence-electron chi connectivity index (χ2n) is 5.39. The fraction of sp³-hybridized carbons (Fsp3) is 0.533. The van der Waals surface area contributed by atoms with Crippen LogP contribution in [0, 0.1) is 6.92 Å². The van der Waals surface area contributed by atoms with Crippen LogP contribution in [0.15, 0.2) is 24.3 Å². The molecule has 1 aromatic carbocycles. The third-order valence-corrected chi connectivity index (χ3v) is 3.97. The summed E-state index contributed by atoms with van der Waals surface area (Å²) < 4.78 is 0. The maximum absolute atomic E-state index is 12.6. The molecule has 1 fully saturated rings. The van der Waals surface area contributed by atoms with Gasteiger partial charge in [0, 0.05) is 18.3 Å². The number of nitrogens with zero attached hydrogens (tertiary/aromatic N) is 2. The molecular weight excluding hydrogens is 238 g/mol. The Hall–Kier alpha value is -1.39. The highest BCUT2D eigenvalue weighted by atomic mass is 16.2. The molecule has 2 N–H and O–H groups in total. The second kappa shape index (κ2) is 5.72. The molecule has 0 bridgehead atoms. The van der Waals surface area contributed by atoms with Gasteiger partial charge in [0.25, 0.3) is 0 Å². The molecule has 0 aliphatic carbocycles. The summed E-state index contributed by atoms with van der Waals surface area (Å²) >= 11 is 0. The molecule has 0 radical (unpaired) electrons. The van der Waals surface area contributed by atoms with Crippen molar-refractivity contribution in [2.24, 2.45) is 5.73 Å². The second-order valence-corrected chi connectivity index (χ2v) is 5.39. The minimum atomic E-state index is -0.102. The average Bonchev–Trinajstić information content (AvgIpc) is 2.40. The van der Waals surface area contributed by atoms with Gasteiger partial charge in [-0.25, -0.2) is 0 Å². The molecular formula is C15H23N3O. The van der Waals surface area contributed by atoms with Crippen LogP contribution in [0.2, 0.25) is 0 Å². The third-order valence-electron chi connectivity index (χ3n) is 3.97. The lowest BCUT2D eigenvalue weighted by atomic mass is 10.0. The van der Waals surface area contributed by atoms with Crippen molar-refractivity contribution in [2.45, 2.75) is 32.4 Å². The predicted octanol–water partition coefficient (Wildman–Crippen LogP) is 1.38. The minimum absolute atomic E-state index is 0.102. The maximum Gasteiger partial charge on any atom is 0.244 e. The van der Waals surface area contributed by atoms with Crippen LogP contribution >= 0.6 is 0 Å². The largest absolute Gasteiger partial charge is 0.330 e. The zero-order valence-corrected chi connectivity index (χ0v) is 12.0. The first kappa shape index (κ1) is 14.0. The van der Waals surface area contributed by atoms with E-state index in [1.54, 1.807) is 0 Å². The fourth-order valence-electron chi connectivity index (χ4n) is 2.59. The molecule has 4 heteroatoms. The van der Waals surface area contributed by atoms with Gasteiger partial charge in [0.15, 0.2) is 0 Å². The number of carbonyl (C=O) groups is 1. The first-order chi connectivity index (χ1) is 9.04. The van der Waals surface area contributed by atoms with E-state index < -0.39 is 0 Å². The van der Waals surface area contributed by atoms with Crippen molar-refractivity contribution in [3.8, 4) is 0 Å². The Kier molecular flexibility index (Phi) is 4.22. The van der Waals surface area contributed by atoms with Crippen molar-refractivity contribution in [3.05, 3.63) is 29.8 Å². The Morgan fingerprint density at radius 2 is 1.95 bits per heavy atom. The number of benzene rings is 1. The molecule has 2 rings (SSSR count). The van der Waals surface area contributed by atoms with Crippen molar-refractivity contribution in [2.75, 3.05) is 25.0 Å². The van der Waals surface area contributed by atoms with E-state index >= 15 is 0 Å². The highest BCUT2D eigenvalue weighted by Crippen LogP contribution is 2.24. The van der Waals surface area contributed by atoms with Gasteiger partial charge in [-0.3, -0.25) is 9.69 Å². The average molecular weight is 261 g/mol. The molecule has 19 heavy (non-hydrogen) atoms. The Balaban J connectivity index is 2.25. The smallest absolute Gasteiger partial charge is 0.244 e. The van der Waals surface area contributed by atoms with Gasteiger partial charge in [-0.15, -0.1) is 0 Å². The monoisotopic (exact) mass is 261 g/mol. The lowest BCUT2D eigenvalue weighted by molar-refractivity contribution is -0.126. The predicted molar refractivity (Wildman–Crippen MR) is 78.2 cm³/mol. The fourth-order valence-corrected chi connectivity index (χ4v) is 2.59. The first-order valence-electron chi connectivity index (χ1n) is 6.84. The Morgan fingerprint density at radius 1 is 1.32 bits per heavy atom. The topological polar surface area (TPSA) is 49.6 Å². The first-order valence-corrected chi connectivity index (χ1v) is 6.84. The number of hydrogen-bond donors (Lipinski definition) is 1. The van der Waals surface area contributed by atoms with E-state index in [1.807, 2.05) is 36.2 Å². The van der Waals surface area contributed by atoms with Crippen LogP contribution in [-0.2, 0) is 4.79 Å². The lowest BCUT2D eigenvalue weighted by Crippen LogP contribution is -2.60. The van der Waals surface area contributed by atoms with Gasteiger partial charge in [0.2, 0.25) is 5.91 Å². The van der Waals surface area contributed by atoms with Crippen LogP contribution < -0.4 is 10.6 Å². The standard InChI is InChI=1S/C15H23N3O/c1-11-4-6-13(7-5-11)18-10-12(2)17(3)14(8-9-16)15(18)19/h4-7,12,14H,8-10,16H2,1-3H3. The van der Waals surface area contributed by atoms with Crippen LogP contribution in [-0.4, -0.2) is 43.0 Å². The Bertz CT molecular complexity index is 443. The van der Waals surface area contributed by atoms with Crippen molar-refractivity contribution < 1.29 is 4.79 Å². The summed E-state index contributed by atoms with van der Waals surface area (Å²) in [5, 5.41) is 0. The number of nitrogens with two attached hydrogens (primary N) is 1. The summed E-state index contributed by atoms with van der Waals surface area (Å²) in [6, 6.07) is 8.37. The molecule has 4 nitrogen and oxygen atoms in total. The zero-order chi connectivity index (χ0) is 14.0. The van der Waals surface area contributed by atoms with Crippen LogP contribution in [0.5, 0.6) is 0 Å². The number of piperazine rings is 1. The summed E-state index contributed by atoms with van der Waals surface area (Å²) in [7, 11) is 2.01. The summed E-state index contributed by atoms with van der Waals surface area (Å²) in [5.41, 5.74) is 7.83. The molecule has 0 aromatic heterocycles. The third kappa shape index (κ3) is 2.80. The summed E-state index contributed by atoms with van der Waals surface area (Å²) in [4.78, 5) is 16.6. The molecule has 1 heterocycles. The Labute approximate surface area is 115 Å². The highest BCUT2D eigenvalue weighted by Gasteiger charge is 2.36.